The molecule has 6 heteroatoms. The van der Waals surface area contributed by atoms with Crippen LogP contribution in [0.15, 0.2) is 42.7 Å². The van der Waals surface area contributed by atoms with Gasteiger partial charge in [-0.3, -0.25) is 0 Å². The predicted octanol–water partition coefficient (Wildman–Crippen LogP) is 5.00. The maximum atomic E-state index is 12.6. The van der Waals surface area contributed by atoms with Gasteiger partial charge in [0.15, 0.2) is 0 Å². The fraction of sp³-hybridized carbons (Fsp3) is 0.417. The van der Waals surface area contributed by atoms with E-state index in [0.29, 0.717) is 12.5 Å². The lowest BCUT2D eigenvalue weighted by molar-refractivity contribution is 0.177. The third-order valence-electron chi connectivity index (χ3n) is 6.01. The van der Waals surface area contributed by atoms with Crippen LogP contribution >= 0.6 is 0 Å². The molecule has 1 N–H and O–H groups in total. The Morgan fingerprint density at radius 2 is 1.83 bits per heavy atom. The molecule has 158 valence electrons. The first-order valence-corrected chi connectivity index (χ1v) is 10.7. The van der Waals surface area contributed by atoms with E-state index in [4.69, 9.17) is 4.74 Å². The number of rotatable bonds is 5. The SMILES string of the molecule is CCOc1ccc(NC(=O)N2CCC(Cn3cnc4cc(C)c(C)cc43)CC2)cc1. The number of imidazole rings is 1. The molecule has 0 bridgehead atoms. The number of carbonyl (C=O) groups excluding carboxylic acids is 1. The minimum absolute atomic E-state index is 0.0307. The molecule has 0 aliphatic carbocycles. The molecule has 2 aromatic carbocycles. The zero-order chi connectivity index (χ0) is 21.1. The standard InChI is InChI=1S/C24H30N4O2/c1-4-30-21-7-5-20(6-8-21)26-24(29)27-11-9-19(10-12-27)15-28-16-25-22-13-17(2)18(3)14-23(22)28/h5-8,13-14,16,19H,4,9-12,15H2,1-3H3,(H,26,29). The molecule has 1 fully saturated rings. The normalized spacial score (nSPS) is 14.8. The zero-order valence-electron chi connectivity index (χ0n) is 18.0. The van der Waals surface area contributed by atoms with Gasteiger partial charge in [-0.1, -0.05) is 0 Å². The number of fused-ring (bicyclic) bond motifs is 1. The third kappa shape index (κ3) is 4.42. The number of anilines is 1. The van der Waals surface area contributed by atoms with Gasteiger partial charge in [-0.25, -0.2) is 9.78 Å². The van der Waals surface area contributed by atoms with Crippen LogP contribution in [-0.4, -0.2) is 40.2 Å². The molecule has 1 aliphatic heterocycles. The van der Waals surface area contributed by atoms with E-state index in [-0.39, 0.29) is 6.03 Å². The molecule has 1 saturated heterocycles. The number of amides is 2. The van der Waals surface area contributed by atoms with Crippen LogP contribution in [0.5, 0.6) is 5.75 Å². The summed E-state index contributed by atoms with van der Waals surface area (Å²) in [6.07, 6.45) is 3.96. The Hall–Kier alpha value is -3.02. The van der Waals surface area contributed by atoms with E-state index >= 15 is 0 Å². The second kappa shape index (κ2) is 8.78. The smallest absolute Gasteiger partial charge is 0.321 e. The molecule has 0 atom stereocenters. The van der Waals surface area contributed by atoms with E-state index < -0.39 is 0 Å². The van der Waals surface area contributed by atoms with Crippen LogP contribution in [0.25, 0.3) is 11.0 Å². The highest BCUT2D eigenvalue weighted by Crippen LogP contribution is 2.24. The zero-order valence-corrected chi connectivity index (χ0v) is 18.0. The Bertz CT molecular complexity index is 1020. The van der Waals surface area contributed by atoms with Crippen molar-refractivity contribution < 1.29 is 9.53 Å². The summed E-state index contributed by atoms with van der Waals surface area (Å²) in [5, 5.41) is 2.99. The Labute approximate surface area is 177 Å². The van der Waals surface area contributed by atoms with Gasteiger partial charge in [0.2, 0.25) is 0 Å². The Balaban J connectivity index is 1.31. The number of aryl methyl sites for hydroxylation is 2. The predicted molar refractivity (Wildman–Crippen MR) is 120 cm³/mol. The Kier molecular flexibility index (Phi) is 5.93. The third-order valence-corrected chi connectivity index (χ3v) is 6.01. The van der Waals surface area contributed by atoms with Crippen molar-refractivity contribution >= 4 is 22.8 Å². The summed E-state index contributed by atoms with van der Waals surface area (Å²) < 4.78 is 7.71. The number of benzene rings is 2. The monoisotopic (exact) mass is 406 g/mol. The minimum atomic E-state index is -0.0307. The van der Waals surface area contributed by atoms with E-state index in [9.17, 15) is 4.79 Å². The highest BCUT2D eigenvalue weighted by atomic mass is 16.5. The first-order valence-electron chi connectivity index (χ1n) is 10.7. The van der Waals surface area contributed by atoms with E-state index in [2.05, 4.69) is 40.8 Å². The largest absolute Gasteiger partial charge is 0.494 e. The van der Waals surface area contributed by atoms with E-state index in [1.807, 2.05) is 42.4 Å². The van der Waals surface area contributed by atoms with Crippen LogP contribution in [-0.2, 0) is 6.54 Å². The molecule has 0 saturated carbocycles. The molecule has 4 rings (SSSR count). The Morgan fingerprint density at radius 3 is 2.53 bits per heavy atom. The fourth-order valence-corrected chi connectivity index (χ4v) is 4.06. The second-order valence-electron chi connectivity index (χ2n) is 8.14. The van der Waals surface area contributed by atoms with E-state index in [0.717, 1.165) is 49.4 Å². The molecule has 1 aliphatic rings. The molecule has 1 aromatic heterocycles. The van der Waals surface area contributed by atoms with Crippen LogP contribution in [0.4, 0.5) is 10.5 Å². The number of aromatic nitrogens is 2. The lowest BCUT2D eigenvalue weighted by Gasteiger charge is -2.32. The molecular formula is C24H30N4O2. The maximum Gasteiger partial charge on any atom is 0.321 e. The number of nitrogens with zero attached hydrogens (tertiary/aromatic N) is 3. The highest BCUT2D eigenvalue weighted by Gasteiger charge is 2.23. The van der Waals surface area contributed by atoms with Gasteiger partial charge in [0.1, 0.15) is 5.75 Å². The average molecular weight is 407 g/mol. The van der Waals surface area contributed by atoms with Gasteiger partial charge in [-0.2, -0.15) is 0 Å². The summed E-state index contributed by atoms with van der Waals surface area (Å²) >= 11 is 0. The number of carbonyl (C=O) groups is 1. The lowest BCUT2D eigenvalue weighted by atomic mass is 9.97. The summed E-state index contributed by atoms with van der Waals surface area (Å²) in [4.78, 5) is 19.1. The molecule has 2 heterocycles. The number of urea groups is 1. The van der Waals surface area contributed by atoms with Crippen molar-refractivity contribution in [3.05, 3.63) is 53.9 Å². The summed E-state index contributed by atoms with van der Waals surface area (Å²) in [7, 11) is 0. The quantitative estimate of drug-likeness (QED) is 0.649. The van der Waals surface area contributed by atoms with Crippen molar-refractivity contribution in [1.82, 2.24) is 14.5 Å². The van der Waals surface area contributed by atoms with Crippen molar-refractivity contribution in [3.63, 3.8) is 0 Å². The molecule has 0 unspecified atom stereocenters. The molecular weight excluding hydrogens is 376 g/mol. The molecule has 0 spiro atoms. The molecule has 6 nitrogen and oxygen atoms in total. The van der Waals surface area contributed by atoms with Crippen molar-refractivity contribution in [3.8, 4) is 5.75 Å². The summed E-state index contributed by atoms with van der Waals surface area (Å²) in [5.41, 5.74) is 5.63. The van der Waals surface area contributed by atoms with Gasteiger partial charge in [-0.05, 0) is 87.1 Å². The van der Waals surface area contributed by atoms with Gasteiger partial charge in [0.25, 0.3) is 0 Å². The number of ether oxygens (including phenoxy) is 1. The molecule has 3 aromatic rings. The maximum absolute atomic E-state index is 12.6. The number of hydrogen-bond acceptors (Lipinski definition) is 3. The van der Waals surface area contributed by atoms with Crippen LogP contribution in [0.2, 0.25) is 0 Å². The minimum Gasteiger partial charge on any atom is -0.494 e. The summed E-state index contributed by atoms with van der Waals surface area (Å²) in [6, 6.07) is 11.9. The van der Waals surface area contributed by atoms with Gasteiger partial charge in [0, 0.05) is 25.3 Å². The Morgan fingerprint density at radius 1 is 1.13 bits per heavy atom. The van der Waals surface area contributed by atoms with Crippen LogP contribution in [0.1, 0.15) is 30.9 Å². The van der Waals surface area contributed by atoms with Crippen molar-refractivity contribution in [2.24, 2.45) is 5.92 Å². The van der Waals surface area contributed by atoms with Gasteiger partial charge in [0.05, 0.1) is 24.0 Å². The summed E-state index contributed by atoms with van der Waals surface area (Å²) in [6.45, 7) is 9.37. The van der Waals surface area contributed by atoms with Gasteiger partial charge >= 0.3 is 6.03 Å². The van der Waals surface area contributed by atoms with E-state index in [1.54, 1.807) is 0 Å². The number of nitrogens with one attached hydrogen (secondary N) is 1. The number of piperidine rings is 1. The van der Waals surface area contributed by atoms with Gasteiger partial charge in [-0.15, -0.1) is 0 Å². The summed E-state index contributed by atoms with van der Waals surface area (Å²) in [5.74, 6) is 1.37. The molecule has 30 heavy (non-hydrogen) atoms. The first-order chi connectivity index (χ1) is 14.5. The van der Waals surface area contributed by atoms with Crippen LogP contribution in [0.3, 0.4) is 0 Å². The average Bonchev–Trinajstić information content (AvgIpc) is 3.12. The highest BCUT2D eigenvalue weighted by molar-refractivity contribution is 5.89. The molecule has 2 amide bonds. The fourth-order valence-electron chi connectivity index (χ4n) is 4.06. The van der Waals surface area contributed by atoms with Crippen LogP contribution in [0, 0.1) is 19.8 Å². The number of hydrogen-bond donors (Lipinski definition) is 1. The van der Waals surface area contributed by atoms with Crippen molar-refractivity contribution in [2.75, 3.05) is 25.0 Å². The molecule has 0 radical (unpaired) electrons. The van der Waals surface area contributed by atoms with Crippen molar-refractivity contribution in [2.45, 2.75) is 40.2 Å². The lowest BCUT2D eigenvalue weighted by Crippen LogP contribution is -2.41. The first kappa shape index (κ1) is 20.3. The second-order valence-corrected chi connectivity index (χ2v) is 8.14. The van der Waals surface area contributed by atoms with E-state index in [1.165, 1.54) is 16.6 Å². The topological polar surface area (TPSA) is 59.4 Å². The van der Waals surface area contributed by atoms with Crippen LogP contribution < -0.4 is 10.1 Å². The van der Waals surface area contributed by atoms with Crippen molar-refractivity contribution in [1.29, 1.82) is 0 Å². The number of likely N-dealkylation sites (tertiary alicyclic amines) is 1. The van der Waals surface area contributed by atoms with Gasteiger partial charge < -0.3 is 19.5 Å².